The van der Waals surface area contributed by atoms with E-state index in [1.165, 1.54) is 0 Å². The number of fused-ring (bicyclic) bond motifs is 1. The van der Waals surface area contributed by atoms with Crippen molar-refractivity contribution in [3.8, 4) is 0 Å². The third-order valence-electron chi connectivity index (χ3n) is 5.23. The zero-order valence-electron chi connectivity index (χ0n) is 18.1. The van der Waals surface area contributed by atoms with Gasteiger partial charge in [-0.15, -0.1) is 0 Å². The smallest absolute Gasteiger partial charge is 0.341 e. The van der Waals surface area contributed by atoms with Crippen LogP contribution in [0.1, 0.15) is 50.0 Å². The van der Waals surface area contributed by atoms with Crippen molar-refractivity contribution in [2.75, 3.05) is 37.7 Å². The van der Waals surface area contributed by atoms with Gasteiger partial charge in [0.2, 0.25) is 5.91 Å². The number of rotatable bonds is 3. The van der Waals surface area contributed by atoms with Crippen molar-refractivity contribution >= 4 is 28.5 Å². The van der Waals surface area contributed by atoms with E-state index in [1.807, 2.05) is 44.7 Å². The summed E-state index contributed by atoms with van der Waals surface area (Å²) in [7, 11) is 0. The maximum absolute atomic E-state index is 12.8. The topological polar surface area (TPSA) is 62.7 Å². The summed E-state index contributed by atoms with van der Waals surface area (Å²) in [5, 5.41) is 0.950. The number of ether oxygens (including phenoxy) is 1. The van der Waals surface area contributed by atoms with Gasteiger partial charge in [-0.2, -0.15) is 0 Å². The van der Waals surface area contributed by atoms with E-state index in [1.54, 1.807) is 13.1 Å². The van der Waals surface area contributed by atoms with Crippen molar-refractivity contribution in [2.24, 2.45) is 5.41 Å². The Balaban J connectivity index is 2.01. The second kappa shape index (κ2) is 8.39. The molecule has 6 heteroatoms. The molecule has 3 rings (SSSR count). The number of aromatic nitrogens is 1. The van der Waals surface area contributed by atoms with Crippen molar-refractivity contribution in [3.05, 3.63) is 35.5 Å². The van der Waals surface area contributed by atoms with Gasteiger partial charge >= 0.3 is 5.97 Å². The number of esters is 1. The van der Waals surface area contributed by atoms with Crippen LogP contribution in [0.25, 0.3) is 10.9 Å². The Kier molecular flexibility index (Phi) is 6.10. The molecule has 1 aliphatic rings. The highest BCUT2D eigenvalue weighted by molar-refractivity contribution is 6.05. The summed E-state index contributed by atoms with van der Waals surface area (Å²) in [6, 6.07) is 6.08. The van der Waals surface area contributed by atoms with Gasteiger partial charge in [-0.05, 0) is 32.4 Å². The van der Waals surface area contributed by atoms with Crippen LogP contribution in [-0.2, 0) is 9.53 Å². The van der Waals surface area contributed by atoms with E-state index in [4.69, 9.17) is 4.74 Å². The molecule has 156 valence electrons. The standard InChI is InChI=1S/C23H31N3O3/c1-6-29-21(27)18-15-24-19-9-8-16(2)14-17(19)20(18)25-10-7-11-26(13-12-25)22(28)23(3,4)5/h8-9,14-15H,6-7,10-13H2,1-5H3. The van der Waals surface area contributed by atoms with Crippen molar-refractivity contribution in [3.63, 3.8) is 0 Å². The molecule has 0 radical (unpaired) electrons. The lowest BCUT2D eigenvalue weighted by Gasteiger charge is -2.29. The lowest BCUT2D eigenvalue weighted by molar-refractivity contribution is -0.139. The molecule has 1 amide bonds. The van der Waals surface area contributed by atoms with Gasteiger partial charge in [-0.1, -0.05) is 32.4 Å². The van der Waals surface area contributed by atoms with Crippen molar-refractivity contribution in [1.82, 2.24) is 9.88 Å². The maximum atomic E-state index is 12.8. The van der Waals surface area contributed by atoms with Crippen LogP contribution in [0.3, 0.4) is 0 Å². The predicted molar refractivity (Wildman–Crippen MR) is 115 cm³/mol. The summed E-state index contributed by atoms with van der Waals surface area (Å²) in [5.41, 5.74) is 2.92. The fourth-order valence-corrected chi connectivity index (χ4v) is 3.81. The summed E-state index contributed by atoms with van der Waals surface area (Å²) in [4.78, 5) is 34.1. The van der Waals surface area contributed by atoms with Gasteiger partial charge in [0.05, 0.1) is 17.8 Å². The zero-order valence-corrected chi connectivity index (χ0v) is 18.1. The summed E-state index contributed by atoms with van der Waals surface area (Å²) < 4.78 is 5.30. The number of nitrogens with zero attached hydrogens (tertiary/aromatic N) is 3. The van der Waals surface area contributed by atoms with Crippen molar-refractivity contribution in [1.29, 1.82) is 0 Å². The third kappa shape index (κ3) is 4.52. The van der Waals surface area contributed by atoms with E-state index in [0.29, 0.717) is 25.3 Å². The highest BCUT2D eigenvalue weighted by Gasteiger charge is 2.30. The monoisotopic (exact) mass is 397 g/mol. The molecule has 0 saturated carbocycles. The molecule has 0 N–H and O–H groups in total. The first-order valence-corrected chi connectivity index (χ1v) is 10.3. The summed E-state index contributed by atoms with van der Waals surface area (Å²) in [6.07, 6.45) is 2.47. The summed E-state index contributed by atoms with van der Waals surface area (Å²) in [6.45, 7) is 12.8. The van der Waals surface area contributed by atoms with Gasteiger partial charge in [-0.3, -0.25) is 9.78 Å². The van der Waals surface area contributed by atoms with Crippen LogP contribution in [0.15, 0.2) is 24.4 Å². The maximum Gasteiger partial charge on any atom is 0.341 e. The van der Waals surface area contributed by atoms with Crippen LogP contribution < -0.4 is 4.90 Å². The largest absolute Gasteiger partial charge is 0.462 e. The van der Waals surface area contributed by atoms with Gasteiger partial charge in [-0.25, -0.2) is 4.79 Å². The number of pyridine rings is 1. The van der Waals surface area contributed by atoms with Gasteiger partial charge in [0, 0.05) is 43.2 Å². The van der Waals surface area contributed by atoms with Gasteiger partial charge < -0.3 is 14.5 Å². The fourth-order valence-electron chi connectivity index (χ4n) is 3.81. The van der Waals surface area contributed by atoms with Crippen LogP contribution in [-0.4, -0.2) is 54.5 Å². The highest BCUT2D eigenvalue weighted by atomic mass is 16.5. The Morgan fingerprint density at radius 3 is 2.59 bits per heavy atom. The Morgan fingerprint density at radius 2 is 1.90 bits per heavy atom. The number of hydrogen-bond acceptors (Lipinski definition) is 5. The minimum atomic E-state index is -0.397. The number of aryl methyl sites for hydroxylation is 1. The highest BCUT2D eigenvalue weighted by Crippen LogP contribution is 2.32. The van der Waals surface area contributed by atoms with E-state index in [-0.39, 0.29) is 11.9 Å². The predicted octanol–water partition coefficient (Wildman–Crippen LogP) is 3.80. The van der Waals surface area contributed by atoms with E-state index in [0.717, 1.165) is 41.7 Å². The number of carbonyl (C=O) groups is 2. The number of carbonyl (C=O) groups excluding carboxylic acids is 2. The van der Waals surface area contributed by atoms with Crippen LogP contribution in [0, 0.1) is 12.3 Å². The first-order chi connectivity index (χ1) is 13.7. The number of anilines is 1. The Bertz CT molecular complexity index is 917. The van der Waals surface area contributed by atoms with Gasteiger partial charge in [0.1, 0.15) is 5.56 Å². The molecule has 6 nitrogen and oxygen atoms in total. The molecule has 0 atom stereocenters. The van der Waals surface area contributed by atoms with Crippen LogP contribution in [0.4, 0.5) is 5.69 Å². The Morgan fingerprint density at radius 1 is 1.14 bits per heavy atom. The quantitative estimate of drug-likeness (QED) is 0.737. The molecule has 29 heavy (non-hydrogen) atoms. The normalized spacial score (nSPS) is 15.3. The SMILES string of the molecule is CCOC(=O)c1cnc2ccc(C)cc2c1N1CCCN(C(=O)C(C)(C)C)CC1. The molecule has 0 unspecified atom stereocenters. The van der Waals surface area contributed by atoms with Gasteiger partial charge in [0.15, 0.2) is 0 Å². The molecule has 1 aromatic carbocycles. The van der Waals surface area contributed by atoms with Crippen LogP contribution in [0.5, 0.6) is 0 Å². The lowest BCUT2D eigenvalue weighted by Crippen LogP contribution is -2.41. The molecule has 1 saturated heterocycles. The summed E-state index contributed by atoms with van der Waals surface area (Å²) in [5.74, 6) is -0.189. The van der Waals surface area contributed by atoms with Crippen LogP contribution >= 0.6 is 0 Å². The average Bonchev–Trinajstić information content (AvgIpc) is 2.91. The van der Waals surface area contributed by atoms with E-state index < -0.39 is 5.41 Å². The Hall–Kier alpha value is -2.63. The van der Waals surface area contributed by atoms with E-state index in [9.17, 15) is 9.59 Å². The molecule has 1 fully saturated rings. The van der Waals surface area contributed by atoms with Crippen LogP contribution in [0.2, 0.25) is 0 Å². The molecular formula is C23H31N3O3. The third-order valence-corrected chi connectivity index (χ3v) is 5.23. The van der Waals surface area contributed by atoms with Crippen molar-refractivity contribution in [2.45, 2.75) is 41.0 Å². The number of benzene rings is 1. The average molecular weight is 398 g/mol. The fraction of sp³-hybridized carbons (Fsp3) is 0.522. The Labute approximate surface area is 172 Å². The lowest BCUT2D eigenvalue weighted by atomic mass is 9.94. The first-order valence-electron chi connectivity index (χ1n) is 10.3. The molecule has 0 bridgehead atoms. The molecule has 2 heterocycles. The summed E-state index contributed by atoms with van der Waals surface area (Å²) >= 11 is 0. The minimum absolute atomic E-state index is 0.167. The molecule has 1 aromatic heterocycles. The second-order valence-corrected chi connectivity index (χ2v) is 8.64. The number of hydrogen-bond donors (Lipinski definition) is 0. The minimum Gasteiger partial charge on any atom is -0.462 e. The second-order valence-electron chi connectivity index (χ2n) is 8.64. The molecule has 2 aromatic rings. The van der Waals surface area contributed by atoms with E-state index in [2.05, 4.69) is 16.0 Å². The molecule has 0 spiro atoms. The molecular weight excluding hydrogens is 366 g/mol. The zero-order chi connectivity index (χ0) is 21.2. The molecule has 0 aliphatic carbocycles. The van der Waals surface area contributed by atoms with Crippen molar-refractivity contribution < 1.29 is 14.3 Å². The van der Waals surface area contributed by atoms with E-state index >= 15 is 0 Å². The first kappa shape index (κ1) is 21.1. The molecule has 1 aliphatic heterocycles. The number of amides is 1. The van der Waals surface area contributed by atoms with Gasteiger partial charge in [0.25, 0.3) is 0 Å².